The molecular weight excluding hydrogens is 288 g/mol. The summed E-state index contributed by atoms with van der Waals surface area (Å²) in [5, 5.41) is 51.7. The molecule has 0 amide bonds. The molecule has 0 radical (unpaired) electrons. The van der Waals surface area contributed by atoms with E-state index in [0.29, 0.717) is 18.6 Å². The number of aliphatic hydroxyl groups is 6. The van der Waals surface area contributed by atoms with Crippen LogP contribution < -0.4 is 0 Å². The number of ether oxygens (including phenoxy) is 3. The van der Waals surface area contributed by atoms with Crippen LogP contribution in [0.4, 0.5) is 0 Å². The SMILES string of the molecule is C(OCC1CO1)C1CO1.CCCC(O)C(O)(O)C(O)(O)O. The van der Waals surface area contributed by atoms with Gasteiger partial charge in [-0.25, -0.2) is 0 Å². The van der Waals surface area contributed by atoms with Crippen LogP contribution in [-0.4, -0.2) is 87.1 Å². The van der Waals surface area contributed by atoms with Crippen LogP contribution in [0.25, 0.3) is 0 Å². The van der Waals surface area contributed by atoms with Crippen molar-refractivity contribution in [3.05, 3.63) is 0 Å². The topological polar surface area (TPSA) is 156 Å². The molecule has 0 saturated carbocycles. The Morgan fingerprint density at radius 1 is 1.05 bits per heavy atom. The highest BCUT2D eigenvalue weighted by molar-refractivity contribution is 4.80. The van der Waals surface area contributed by atoms with Crippen LogP contribution >= 0.6 is 0 Å². The second kappa shape index (κ2) is 7.77. The van der Waals surface area contributed by atoms with Crippen molar-refractivity contribution in [2.75, 3.05) is 26.4 Å². The molecule has 0 aromatic heterocycles. The van der Waals surface area contributed by atoms with Gasteiger partial charge in [-0.3, -0.25) is 0 Å². The van der Waals surface area contributed by atoms with E-state index in [1.165, 1.54) is 0 Å². The molecule has 126 valence electrons. The minimum Gasteiger partial charge on any atom is -0.387 e. The Morgan fingerprint density at radius 2 is 1.48 bits per heavy atom. The van der Waals surface area contributed by atoms with Crippen molar-refractivity contribution in [2.24, 2.45) is 0 Å². The number of hydrogen-bond acceptors (Lipinski definition) is 9. The molecule has 2 saturated heterocycles. The van der Waals surface area contributed by atoms with Crippen LogP contribution in [-0.2, 0) is 14.2 Å². The molecule has 0 aliphatic carbocycles. The van der Waals surface area contributed by atoms with E-state index in [-0.39, 0.29) is 6.42 Å². The van der Waals surface area contributed by atoms with Crippen molar-refractivity contribution in [3.63, 3.8) is 0 Å². The van der Waals surface area contributed by atoms with Crippen LogP contribution in [0.5, 0.6) is 0 Å². The molecule has 3 unspecified atom stereocenters. The molecule has 0 bridgehead atoms. The maximum absolute atomic E-state index is 8.93. The lowest BCUT2D eigenvalue weighted by Gasteiger charge is -2.33. The Hall–Kier alpha value is -0.360. The summed E-state index contributed by atoms with van der Waals surface area (Å²) >= 11 is 0. The smallest absolute Gasteiger partial charge is 0.335 e. The van der Waals surface area contributed by atoms with Crippen molar-refractivity contribution < 1.29 is 44.8 Å². The van der Waals surface area contributed by atoms with E-state index in [2.05, 4.69) is 0 Å². The zero-order valence-corrected chi connectivity index (χ0v) is 11.9. The first-order valence-electron chi connectivity index (χ1n) is 6.79. The zero-order chi connectivity index (χ0) is 16.1. The van der Waals surface area contributed by atoms with Crippen molar-refractivity contribution >= 4 is 0 Å². The molecule has 2 fully saturated rings. The number of aliphatic hydroxyl groups excluding tert-OH is 1. The van der Waals surface area contributed by atoms with Crippen molar-refractivity contribution in [1.82, 2.24) is 0 Å². The Morgan fingerprint density at radius 3 is 1.76 bits per heavy atom. The van der Waals surface area contributed by atoms with Gasteiger partial charge in [-0.05, 0) is 6.42 Å². The fourth-order valence-corrected chi connectivity index (χ4v) is 1.36. The van der Waals surface area contributed by atoms with Crippen LogP contribution in [0.3, 0.4) is 0 Å². The van der Waals surface area contributed by atoms with Gasteiger partial charge in [0.05, 0.1) is 26.4 Å². The molecule has 2 aliphatic heterocycles. The highest BCUT2D eigenvalue weighted by Crippen LogP contribution is 2.21. The number of epoxide rings is 2. The largest absolute Gasteiger partial charge is 0.387 e. The second-order valence-corrected chi connectivity index (χ2v) is 5.11. The Bertz CT molecular complexity index is 282. The third-order valence-electron chi connectivity index (χ3n) is 2.93. The van der Waals surface area contributed by atoms with Gasteiger partial charge in [0.1, 0.15) is 18.3 Å². The monoisotopic (exact) mass is 312 g/mol. The summed E-state index contributed by atoms with van der Waals surface area (Å²) in [6.45, 7) is 4.91. The highest BCUT2D eigenvalue weighted by Gasteiger charge is 2.51. The van der Waals surface area contributed by atoms with Gasteiger partial charge in [0, 0.05) is 0 Å². The van der Waals surface area contributed by atoms with E-state index in [1.807, 2.05) is 0 Å². The summed E-state index contributed by atoms with van der Waals surface area (Å²) in [6, 6.07) is 0. The summed E-state index contributed by atoms with van der Waals surface area (Å²) in [4.78, 5) is 0. The van der Waals surface area contributed by atoms with Gasteiger partial charge < -0.3 is 44.8 Å². The number of rotatable bonds is 8. The van der Waals surface area contributed by atoms with Crippen molar-refractivity contribution in [2.45, 2.75) is 49.8 Å². The maximum atomic E-state index is 8.93. The highest BCUT2D eigenvalue weighted by atomic mass is 16.7. The molecule has 0 aromatic carbocycles. The second-order valence-electron chi connectivity index (χ2n) is 5.11. The third kappa shape index (κ3) is 6.96. The summed E-state index contributed by atoms with van der Waals surface area (Å²) in [7, 11) is 0. The van der Waals surface area contributed by atoms with Gasteiger partial charge >= 0.3 is 5.97 Å². The first-order valence-corrected chi connectivity index (χ1v) is 6.79. The summed E-state index contributed by atoms with van der Waals surface area (Å²) in [6.07, 6.45) is -0.703. The molecule has 0 spiro atoms. The molecule has 9 heteroatoms. The normalized spacial score (nSPS) is 25.9. The maximum Gasteiger partial charge on any atom is 0.335 e. The van der Waals surface area contributed by atoms with Gasteiger partial charge in [-0.2, -0.15) is 0 Å². The van der Waals surface area contributed by atoms with Crippen molar-refractivity contribution in [1.29, 1.82) is 0 Å². The average molecular weight is 312 g/mol. The molecule has 2 aliphatic rings. The Balaban J connectivity index is 0.000000216. The molecule has 9 nitrogen and oxygen atoms in total. The van der Waals surface area contributed by atoms with E-state index >= 15 is 0 Å². The summed E-state index contributed by atoms with van der Waals surface area (Å²) in [5.41, 5.74) is 0. The van der Waals surface area contributed by atoms with E-state index in [0.717, 1.165) is 26.4 Å². The van der Waals surface area contributed by atoms with E-state index < -0.39 is 17.9 Å². The fourth-order valence-electron chi connectivity index (χ4n) is 1.36. The van der Waals surface area contributed by atoms with Crippen LogP contribution in [0.2, 0.25) is 0 Å². The minimum absolute atomic E-state index is 0.0730. The lowest BCUT2D eigenvalue weighted by atomic mass is 10.0. The van der Waals surface area contributed by atoms with Gasteiger partial charge in [-0.15, -0.1) is 0 Å². The number of hydrogen-bond donors (Lipinski definition) is 6. The lowest BCUT2D eigenvalue weighted by molar-refractivity contribution is -0.464. The van der Waals surface area contributed by atoms with Crippen LogP contribution in [0.1, 0.15) is 19.8 Å². The zero-order valence-electron chi connectivity index (χ0n) is 11.9. The first-order chi connectivity index (χ1) is 9.68. The molecular formula is C12H24O9. The fraction of sp³-hybridized carbons (Fsp3) is 1.00. The quantitative estimate of drug-likeness (QED) is 0.207. The third-order valence-corrected chi connectivity index (χ3v) is 2.93. The van der Waals surface area contributed by atoms with Crippen LogP contribution in [0.15, 0.2) is 0 Å². The molecule has 2 heterocycles. The van der Waals surface area contributed by atoms with Gasteiger partial charge in [0.2, 0.25) is 0 Å². The van der Waals surface area contributed by atoms with Gasteiger partial charge in [-0.1, -0.05) is 13.3 Å². The predicted octanol–water partition coefficient (Wildman–Crippen LogP) is -2.74. The van der Waals surface area contributed by atoms with Gasteiger partial charge in [0.25, 0.3) is 5.79 Å². The van der Waals surface area contributed by atoms with Gasteiger partial charge in [0.15, 0.2) is 0 Å². The minimum atomic E-state index is -3.72. The lowest BCUT2D eigenvalue weighted by Crippen LogP contribution is -2.61. The molecule has 0 aromatic rings. The van der Waals surface area contributed by atoms with Crippen LogP contribution in [0, 0.1) is 0 Å². The predicted molar refractivity (Wildman–Crippen MR) is 67.8 cm³/mol. The molecule has 2 rings (SSSR count). The Kier molecular flexibility index (Phi) is 6.91. The van der Waals surface area contributed by atoms with E-state index in [9.17, 15) is 0 Å². The molecule has 3 atom stereocenters. The van der Waals surface area contributed by atoms with E-state index in [4.69, 9.17) is 44.8 Å². The summed E-state index contributed by atoms with van der Waals surface area (Å²) in [5.74, 6) is -7.05. The Labute approximate surface area is 122 Å². The summed E-state index contributed by atoms with van der Waals surface area (Å²) < 4.78 is 15.1. The van der Waals surface area contributed by atoms with E-state index in [1.54, 1.807) is 6.92 Å². The molecule has 6 N–H and O–H groups in total. The average Bonchev–Trinajstić information content (AvgIpc) is 3.23. The van der Waals surface area contributed by atoms with Crippen molar-refractivity contribution in [3.8, 4) is 0 Å². The standard InChI is InChI=1S/C6H14O6.C6H10O3/c1-2-3-4(7)5(8,9)6(10,11)12;1(5-3-8-5)7-2-6-4-9-6/h4,7-12H,2-3H2,1H3;5-6H,1-4H2. The molecule has 21 heavy (non-hydrogen) atoms. The first kappa shape index (κ1) is 18.7.